The number of unbranched alkanes of at least 4 members (excludes halogenated alkanes) is 15. The van der Waals surface area contributed by atoms with Gasteiger partial charge in [-0.05, 0) is 117 Å². The first-order chi connectivity index (χ1) is 29.3. The Morgan fingerprint density at radius 2 is 1.44 bits per heavy atom. The predicted octanol–water partition coefficient (Wildman–Crippen LogP) is 12.7. The van der Waals surface area contributed by atoms with Crippen LogP contribution in [0.25, 0.3) is 0 Å². The number of esters is 1. The molecule has 7 heteroatoms. The summed E-state index contributed by atoms with van der Waals surface area (Å²) in [4.78, 5) is 12.6. The number of allylic oxidation sites excluding steroid dienone is 4. The van der Waals surface area contributed by atoms with Crippen molar-refractivity contribution in [2.24, 2.45) is 46.3 Å². The first-order valence-corrected chi connectivity index (χ1v) is 25.9. The molecule has 0 unspecified atom stereocenters. The number of aliphatic hydroxyl groups is 3. The number of hydrogen-bond acceptors (Lipinski definition) is 7. The summed E-state index contributed by atoms with van der Waals surface area (Å²) < 4.78 is 18.0. The van der Waals surface area contributed by atoms with Crippen molar-refractivity contribution in [3.8, 4) is 0 Å². The fraction of sp³-hybridized carbons (Fsp3) is 0.870. The second-order valence-electron chi connectivity index (χ2n) is 21.3. The number of carbonyl (C=O) groups excluding carboxylic acids is 1. The van der Waals surface area contributed by atoms with Gasteiger partial charge in [-0.3, -0.25) is 4.79 Å². The van der Waals surface area contributed by atoms with Crippen LogP contribution in [0.1, 0.15) is 208 Å². The lowest BCUT2D eigenvalue weighted by atomic mass is 9.47. The minimum Gasteiger partial charge on any atom is -0.463 e. The van der Waals surface area contributed by atoms with E-state index in [1.54, 1.807) is 0 Å². The Balaban J connectivity index is 1.01. The van der Waals surface area contributed by atoms with E-state index in [0.29, 0.717) is 29.6 Å². The molecule has 4 aliphatic carbocycles. The molecule has 0 aromatic carbocycles. The van der Waals surface area contributed by atoms with Crippen LogP contribution in [0.2, 0.25) is 0 Å². The highest BCUT2D eigenvalue weighted by Crippen LogP contribution is 2.67. The average molecular weight is 853 g/mol. The predicted molar refractivity (Wildman–Crippen MR) is 249 cm³/mol. The van der Waals surface area contributed by atoms with Gasteiger partial charge >= 0.3 is 5.97 Å². The van der Waals surface area contributed by atoms with Gasteiger partial charge in [0.25, 0.3) is 0 Å². The van der Waals surface area contributed by atoms with Crippen molar-refractivity contribution >= 4 is 5.97 Å². The van der Waals surface area contributed by atoms with Crippen molar-refractivity contribution in [1.82, 2.24) is 0 Å². The number of fused-ring (bicyclic) bond motifs is 5. The molecule has 3 N–H and O–H groups in total. The highest BCUT2D eigenvalue weighted by Gasteiger charge is 2.59. The zero-order chi connectivity index (χ0) is 44.0. The van der Waals surface area contributed by atoms with Gasteiger partial charge in [-0.25, -0.2) is 0 Å². The maximum atomic E-state index is 12.6. The minimum atomic E-state index is -1.45. The maximum Gasteiger partial charge on any atom is 0.305 e. The van der Waals surface area contributed by atoms with Gasteiger partial charge in [0.15, 0.2) is 6.29 Å². The third-order valence-corrected chi connectivity index (χ3v) is 17.1. The highest BCUT2D eigenvalue weighted by molar-refractivity contribution is 5.69. The van der Waals surface area contributed by atoms with E-state index in [9.17, 15) is 20.1 Å². The van der Waals surface area contributed by atoms with Gasteiger partial charge in [0, 0.05) is 6.42 Å². The third-order valence-electron chi connectivity index (χ3n) is 17.1. The third kappa shape index (κ3) is 13.3. The molecule has 4 fully saturated rings. The fourth-order valence-electron chi connectivity index (χ4n) is 13.2. The van der Waals surface area contributed by atoms with E-state index in [1.165, 1.54) is 120 Å². The van der Waals surface area contributed by atoms with E-state index in [2.05, 4.69) is 66.3 Å². The molecule has 0 aromatic rings. The average Bonchev–Trinajstić information content (AvgIpc) is 3.60. The molecule has 1 saturated heterocycles. The minimum absolute atomic E-state index is 0.147. The fourth-order valence-corrected chi connectivity index (χ4v) is 13.2. The number of rotatable bonds is 26. The molecule has 1 aliphatic heterocycles. The van der Waals surface area contributed by atoms with Gasteiger partial charge in [-0.1, -0.05) is 167 Å². The lowest BCUT2D eigenvalue weighted by Gasteiger charge is -2.58. The van der Waals surface area contributed by atoms with Gasteiger partial charge < -0.3 is 29.5 Å². The molecule has 5 rings (SSSR count). The summed E-state index contributed by atoms with van der Waals surface area (Å²) >= 11 is 0. The summed E-state index contributed by atoms with van der Waals surface area (Å²) in [5.74, 6) is 3.62. The lowest BCUT2D eigenvalue weighted by Crippen LogP contribution is -2.60. The van der Waals surface area contributed by atoms with Crippen molar-refractivity contribution in [1.29, 1.82) is 0 Å². The highest BCUT2D eigenvalue weighted by atomic mass is 16.7. The van der Waals surface area contributed by atoms with Gasteiger partial charge in [0.1, 0.15) is 31.0 Å². The van der Waals surface area contributed by atoms with E-state index >= 15 is 0 Å². The van der Waals surface area contributed by atoms with E-state index in [1.807, 2.05) is 0 Å². The lowest BCUT2D eigenvalue weighted by molar-refractivity contribution is -0.313. The molecule has 0 amide bonds. The van der Waals surface area contributed by atoms with Crippen molar-refractivity contribution in [2.75, 3.05) is 6.61 Å². The van der Waals surface area contributed by atoms with Gasteiger partial charge in [-0.15, -0.1) is 0 Å². The molecule has 350 valence electrons. The van der Waals surface area contributed by atoms with Gasteiger partial charge in [0.05, 0.1) is 6.10 Å². The second-order valence-corrected chi connectivity index (χ2v) is 21.3. The van der Waals surface area contributed by atoms with E-state index in [-0.39, 0.29) is 24.1 Å². The topological polar surface area (TPSA) is 105 Å². The van der Waals surface area contributed by atoms with E-state index < -0.39 is 30.7 Å². The van der Waals surface area contributed by atoms with E-state index in [4.69, 9.17) is 14.2 Å². The first-order valence-electron chi connectivity index (χ1n) is 25.9. The van der Waals surface area contributed by atoms with Crippen molar-refractivity contribution in [3.05, 3.63) is 36.0 Å². The van der Waals surface area contributed by atoms with Crippen molar-refractivity contribution in [3.63, 3.8) is 0 Å². The van der Waals surface area contributed by atoms with Gasteiger partial charge in [0.2, 0.25) is 0 Å². The molecule has 0 spiro atoms. The Kier molecular flexibility index (Phi) is 20.4. The molecule has 61 heavy (non-hydrogen) atoms. The zero-order valence-corrected chi connectivity index (χ0v) is 39.9. The molecule has 1 heterocycles. The SMILES string of the molecule is C=C(C)[C@H](/C=C/[C@@H](C)[C@H]1CC[C@H]2[C@@H]3CC=C4C[C@@H](O[C@@H]5O[C@H](COC(=O)CCCCCCCCCCCCCCCCCC)[C@@H](O)[C@H](O)[C@H]5O)CC[C@]4(C)[C@H]3CC[C@]12C)CC. The van der Waals surface area contributed by atoms with Crippen LogP contribution in [0.4, 0.5) is 0 Å². The molecular weight excluding hydrogens is 761 g/mol. The molecule has 7 nitrogen and oxygen atoms in total. The number of ether oxygens (including phenoxy) is 3. The van der Waals surface area contributed by atoms with Crippen molar-refractivity contribution < 1.29 is 34.3 Å². The van der Waals surface area contributed by atoms with Crippen molar-refractivity contribution in [2.45, 2.75) is 245 Å². The van der Waals surface area contributed by atoms with Crippen LogP contribution in [0.3, 0.4) is 0 Å². The normalized spacial score (nSPS) is 35.9. The Morgan fingerprint density at radius 3 is 2.05 bits per heavy atom. The molecule has 14 atom stereocenters. The number of carbonyl (C=O) groups is 1. The summed E-state index contributed by atoms with van der Waals surface area (Å²) in [6.07, 6.45) is 32.0. The van der Waals surface area contributed by atoms with Crippen LogP contribution in [-0.4, -0.2) is 64.7 Å². The second kappa shape index (κ2) is 24.7. The molecule has 0 aromatic heterocycles. The van der Waals surface area contributed by atoms with Crippen LogP contribution in [0.15, 0.2) is 36.0 Å². The Morgan fingerprint density at radius 1 is 0.820 bits per heavy atom. The molecule has 3 saturated carbocycles. The van der Waals surface area contributed by atoms with Crippen LogP contribution in [0, 0.1) is 46.3 Å². The summed E-state index contributed by atoms with van der Waals surface area (Å²) in [5.41, 5.74) is 3.27. The maximum absolute atomic E-state index is 12.6. The largest absolute Gasteiger partial charge is 0.463 e. The monoisotopic (exact) mass is 853 g/mol. The molecule has 5 aliphatic rings. The smallest absolute Gasteiger partial charge is 0.305 e. The Labute approximate surface area is 373 Å². The number of aliphatic hydroxyl groups excluding tert-OH is 3. The van der Waals surface area contributed by atoms with Crippen LogP contribution in [-0.2, 0) is 19.0 Å². The van der Waals surface area contributed by atoms with Crippen LogP contribution in [0.5, 0.6) is 0 Å². The van der Waals surface area contributed by atoms with Crippen LogP contribution >= 0.6 is 0 Å². The van der Waals surface area contributed by atoms with Gasteiger partial charge in [-0.2, -0.15) is 0 Å². The first kappa shape index (κ1) is 50.5. The summed E-state index contributed by atoms with van der Waals surface area (Å²) in [5, 5.41) is 32.6. The molecule has 0 bridgehead atoms. The Bertz CT molecular complexity index is 1390. The van der Waals surface area contributed by atoms with E-state index in [0.717, 1.165) is 69.1 Å². The summed E-state index contributed by atoms with van der Waals surface area (Å²) in [6.45, 7) is 18.3. The summed E-state index contributed by atoms with van der Waals surface area (Å²) in [7, 11) is 0. The molecular formula is C54H92O7. The number of hydrogen-bond donors (Lipinski definition) is 3. The summed E-state index contributed by atoms with van der Waals surface area (Å²) in [6, 6.07) is 0. The quantitative estimate of drug-likeness (QED) is 0.0452. The standard InChI is InChI=1S/C54H92O7/c1-8-10-11-12-13-14-15-16-17-18-19-20-21-22-23-24-25-48(55)59-37-47-49(56)50(57)51(58)52(61-47)60-42-32-34-53(6)41(36-42)28-29-43-45-31-30-44(54(45,7)35-33-46(43)53)39(5)26-27-40(9-2)38(3)4/h26-28,39-40,42-47,49-52,56-58H,3,8-25,29-37H2,1-2,4-7H3/b27-26+/t39-,40+,42+,43+,44-,45+,46+,47-,49-,50+,51-,52-,53+,54-/m1/s1. The zero-order valence-electron chi connectivity index (χ0n) is 39.9. The molecule has 0 radical (unpaired) electrons. The Hall–Kier alpha value is -1.51. The van der Waals surface area contributed by atoms with Crippen LogP contribution < -0.4 is 0 Å².